The molecule has 0 fully saturated rings. The second-order valence-corrected chi connectivity index (χ2v) is 5.33. The number of amides is 2. The fraction of sp³-hybridized carbons (Fsp3) is 0.188. The Morgan fingerprint density at radius 3 is 2.24 bits per heavy atom. The van der Waals surface area contributed by atoms with Crippen molar-refractivity contribution in [2.75, 3.05) is 10.4 Å². The van der Waals surface area contributed by atoms with E-state index in [2.05, 4.69) is 10.7 Å². The van der Waals surface area contributed by atoms with Crippen LogP contribution < -0.4 is 15.8 Å². The van der Waals surface area contributed by atoms with Gasteiger partial charge in [0.1, 0.15) is 0 Å². The van der Waals surface area contributed by atoms with Crippen molar-refractivity contribution in [3.8, 4) is 0 Å². The smallest absolute Gasteiger partial charge is 0.334 e. The first-order chi connectivity index (χ1) is 10.1. The molecule has 0 aliphatic carbocycles. The monoisotopic (exact) mass is 303 g/mol. The molecule has 0 heterocycles. The number of hydrazine groups is 1. The number of rotatable bonds is 4. The van der Waals surface area contributed by atoms with E-state index in [0.717, 1.165) is 5.69 Å². The van der Waals surface area contributed by atoms with Crippen LogP contribution in [0.1, 0.15) is 13.8 Å². The van der Waals surface area contributed by atoms with Gasteiger partial charge in [-0.2, -0.15) is 0 Å². The lowest BCUT2D eigenvalue weighted by Gasteiger charge is -2.25. The van der Waals surface area contributed by atoms with Crippen LogP contribution >= 0.6 is 11.6 Å². The molecule has 110 valence electrons. The summed E-state index contributed by atoms with van der Waals surface area (Å²) in [6.07, 6.45) is 0. The molecule has 0 saturated heterocycles. The maximum absolute atomic E-state index is 12.4. The summed E-state index contributed by atoms with van der Waals surface area (Å²) in [4.78, 5) is 12.4. The molecule has 2 aromatic carbocycles. The summed E-state index contributed by atoms with van der Waals surface area (Å²) in [5, 5.41) is 4.96. The topological polar surface area (TPSA) is 44.4 Å². The number of hydrogen-bond acceptors (Lipinski definition) is 2. The third kappa shape index (κ3) is 4.39. The zero-order valence-corrected chi connectivity index (χ0v) is 12.8. The van der Waals surface area contributed by atoms with E-state index in [4.69, 9.17) is 11.6 Å². The van der Waals surface area contributed by atoms with Crippen molar-refractivity contribution in [2.24, 2.45) is 0 Å². The third-order valence-electron chi connectivity index (χ3n) is 2.71. The van der Waals surface area contributed by atoms with Crippen LogP contribution in [-0.4, -0.2) is 12.1 Å². The van der Waals surface area contributed by atoms with Crippen LogP contribution in [0.2, 0.25) is 5.02 Å². The predicted octanol–water partition coefficient (Wildman–Crippen LogP) is 4.29. The summed E-state index contributed by atoms with van der Waals surface area (Å²) in [5.74, 6) is 0. The van der Waals surface area contributed by atoms with Gasteiger partial charge in [-0.15, -0.1) is 0 Å². The molecule has 0 aliphatic rings. The van der Waals surface area contributed by atoms with Gasteiger partial charge in [0.2, 0.25) is 0 Å². The molecule has 0 unspecified atom stereocenters. The van der Waals surface area contributed by atoms with Crippen LogP contribution in [0.4, 0.5) is 16.2 Å². The normalized spacial score (nSPS) is 10.3. The number of hydrogen-bond donors (Lipinski definition) is 2. The molecular weight excluding hydrogens is 286 g/mol. The summed E-state index contributed by atoms with van der Waals surface area (Å²) in [6, 6.07) is 16.4. The number of carbonyl (C=O) groups is 1. The zero-order valence-electron chi connectivity index (χ0n) is 12.0. The minimum Gasteiger partial charge on any atom is -0.334 e. The number of nitrogens with one attached hydrogen (secondary N) is 2. The van der Waals surface area contributed by atoms with Gasteiger partial charge in [-0.3, -0.25) is 5.43 Å². The summed E-state index contributed by atoms with van der Waals surface area (Å²) in [5.41, 5.74) is 4.63. The van der Waals surface area contributed by atoms with Gasteiger partial charge in [0.05, 0.1) is 11.4 Å². The van der Waals surface area contributed by atoms with Crippen molar-refractivity contribution < 1.29 is 4.79 Å². The van der Waals surface area contributed by atoms with Gasteiger partial charge in [-0.05, 0) is 50.2 Å². The lowest BCUT2D eigenvalue weighted by atomic mass is 10.3. The van der Waals surface area contributed by atoms with E-state index >= 15 is 0 Å². The molecule has 0 radical (unpaired) electrons. The minimum absolute atomic E-state index is 0.0462. The molecule has 0 atom stereocenters. The maximum atomic E-state index is 12.4. The van der Waals surface area contributed by atoms with Crippen molar-refractivity contribution in [1.82, 2.24) is 5.32 Å². The Labute approximate surface area is 129 Å². The number of anilines is 2. The minimum atomic E-state index is -0.226. The molecule has 0 bridgehead atoms. The van der Waals surface area contributed by atoms with Crippen molar-refractivity contribution in [3.63, 3.8) is 0 Å². The third-order valence-corrected chi connectivity index (χ3v) is 2.97. The molecule has 0 aliphatic heterocycles. The predicted molar refractivity (Wildman–Crippen MR) is 87.7 cm³/mol. The maximum Gasteiger partial charge on any atom is 0.341 e. The summed E-state index contributed by atoms with van der Waals surface area (Å²) in [7, 11) is 0. The van der Waals surface area contributed by atoms with E-state index in [0.29, 0.717) is 10.7 Å². The Morgan fingerprint density at radius 2 is 1.67 bits per heavy atom. The molecule has 4 nitrogen and oxygen atoms in total. The van der Waals surface area contributed by atoms with Gasteiger partial charge in [-0.1, -0.05) is 29.8 Å². The van der Waals surface area contributed by atoms with Crippen LogP contribution in [0.25, 0.3) is 0 Å². The van der Waals surface area contributed by atoms with Crippen molar-refractivity contribution in [3.05, 3.63) is 59.6 Å². The van der Waals surface area contributed by atoms with Crippen molar-refractivity contribution in [1.29, 1.82) is 0 Å². The van der Waals surface area contributed by atoms with Gasteiger partial charge in [0.25, 0.3) is 0 Å². The molecule has 5 heteroatoms. The molecular formula is C16H18ClN3O. The Kier molecular flexibility index (Phi) is 5.06. The molecule has 0 saturated carbocycles. The van der Waals surface area contributed by atoms with E-state index in [1.807, 2.05) is 44.2 Å². The number of carbonyl (C=O) groups excluding carboxylic acids is 1. The van der Waals surface area contributed by atoms with Crippen LogP contribution in [-0.2, 0) is 0 Å². The molecule has 2 aromatic rings. The second kappa shape index (κ2) is 6.99. The van der Waals surface area contributed by atoms with E-state index in [9.17, 15) is 4.79 Å². The Balaban J connectivity index is 2.25. The van der Waals surface area contributed by atoms with Gasteiger partial charge >= 0.3 is 6.03 Å². The Bertz CT molecular complexity index is 584. The highest BCUT2D eigenvalue weighted by Crippen LogP contribution is 2.19. The van der Waals surface area contributed by atoms with Crippen LogP contribution in [0, 0.1) is 0 Å². The number of benzene rings is 2. The molecule has 21 heavy (non-hydrogen) atoms. The first-order valence-corrected chi connectivity index (χ1v) is 7.12. The van der Waals surface area contributed by atoms with E-state index in [1.54, 1.807) is 24.3 Å². The van der Waals surface area contributed by atoms with Gasteiger partial charge in [-0.25, -0.2) is 9.80 Å². The summed E-state index contributed by atoms with van der Waals surface area (Å²) >= 11 is 5.90. The highest BCUT2D eigenvalue weighted by molar-refractivity contribution is 6.30. The first-order valence-electron chi connectivity index (χ1n) is 6.74. The first kappa shape index (κ1) is 15.2. The number of halogens is 1. The quantitative estimate of drug-likeness (QED) is 0.828. The molecule has 2 amide bonds. The Morgan fingerprint density at radius 1 is 1.05 bits per heavy atom. The van der Waals surface area contributed by atoms with Crippen molar-refractivity contribution >= 4 is 29.0 Å². The average Bonchev–Trinajstić information content (AvgIpc) is 2.46. The van der Waals surface area contributed by atoms with E-state index in [-0.39, 0.29) is 12.1 Å². The highest BCUT2D eigenvalue weighted by atomic mass is 35.5. The number of para-hydroxylation sites is 1. The number of nitrogens with zero attached hydrogens (tertiary/aromatic N) is 1. The van der Waals surface area contributed by atoms with Crippen LogP contribution in [0.3, 0.4) is 0 Å². The van der Waals surface area contributed by atoms with E-state index < -0.39 is 0 Å². The lowest BCUT2D eigenvalue weighted by Crippen LogP contribution is -2.46. The molecule has 2 N–H and O–H groups in total. The van der Waals surface area contributed by atoms with Crippen LogP contribution in [0.5, 0.6) is 0 Å². The largest absolute Gasteiger partial charge is 0.341 e. The van der Waals surface area contributed by atoms with Gasteiger partial charge in [0.15, 0.2) is 0 Å². The van der Waals surface area contributed by atoms with Gasteiger partial charge in [0, 0.05) is 11.1 Å². The van der Waals surface area contributed by atoms with Crippen molar-refractivity contribution in [2.45, 2.75) is 19.9 Å². The summed E-state index contributed by atoms with van der Waals surface area (Å²) < 4.78 is 0. The average molecular weight is 304 g/mol. The fourth-order valence-electron chi connectivity index (χ4n) is 1.78. The SMILES string of the molecule is CC(C)NC(=O)N(Nc1ccccc1)c1ccc(Cl)cc1. The second-order valence-electron chi connectivity index (χ2n) is 4.89. The summed E-state index contributed by atoms with van der Waals surface area (Å²) in [6.45, 7) is 3.83. The van der Waals surface area contributed by atoms with E-state index in [1.165, 1.54) is 5.01 Å². The van der Waals surface area contributed by atoms with Crippen LogP contribution in [0.15, 0.2) is 54.6 Å². The highest BCUT2D eigenvalue weighted by Gasteiger charge is 2.16. The van der Waals surface area contributed by atoms with Gasteiger partial charge < -0.3 is 5.32 Å². The molecule has 0 spiro atoms. The zero-order chi connectivity index (χ0) is 15.2. The Hall–Kier alpha value is -2.20. The number of urea groups is 1. The molecule has 2 rings (SSSR count). The standard InChI is InChI=1S/C16H18ClN3O/c1-12(2)18-16(21)20(15-10-8-13(17)9-11-15)19-14-6-4-3-5-7-14/h3-12,19H,1-2H3,(H,18,21). The fourth-order valence-corrected chi connectivity index (χ4v) is 1.90. The molecule has 0 aromatic heterocycles. The lowest BCUT2D eigenvalue weighted by molar-refractivity contribution is 0.245.